The number of nitrogens with zero attached hydrogens (tertiary/aromatic N) is 1. The summed E-state index contributed by atoms with van der Waals surface area (Å²) in [4.78, 5) is 21.7. The molecule has 0 heterocycles. The molecule has 0 aliphatic heterocycles. The average molecular weight is 185 g/mol. The van der Waals surface area contributed by atoms with Gasteiger partial charge in [0.25, 0.3) is 5.60 Å². The normalized spacial score (nSPS) is 13.7. The van der Waals surface area contributed by atoms with Gasteiger partial charge in [-0.1, -0.05) is 0 Å². The van der Waals surface area contributed by atoms with Crippen molar-refractivity contribution < 1.29 is 19.1 Å². The van der Waals surface area contributed by atoms with Gasteiger partial charge in [-0.15, -0.1) is 0 Å². The number of hydrogen-bond acceptors (Lipinski definition) is 5. The summed E-state index contributed by atoms with van der Waals surface area (Å²) in [6, 6.07) is 1.58. The standard InChI is InChI=1S/C8H11NO4/c1-4-12-7(11)8(3,5-9)13-6(2)10/h4H2,1-3H3. The topological polar surface area (TPSA) is 76.4 Å². The van der Waals surface area contributed by atoms with Crippen molar-refractivity contribution in [3.63, 3.8) is 0 Å². The zero-order valence-electron chi connectivity index (χ0n) is 7.79. The van der Waals surface area contributed by atoms with Crippen LogP contribution in [0.1, 0.15) is 20.8 Å². The van der Waals surface area contributed by atoms with Gasteiger partial charge in [0.15, 0.2) is 0 Å². The molecule has 1 unspecified atom stereocenters. The van der Waals surface area contributed by atoms with Crippen molar-refractivity contribution in [2.75, 3.05) is 6.61 Å². The van der Waals surface area contributed by atoms with Crippen molar-refractivity contribution in [1.82, 2.24) is 0 Å². The first kappa shape index (κ1) is 11.4. The van der Waals surface area contributed by atoms with E-state index in [0.717, 1.165) is 6.92 Å². The molecule has 0 aromatic rings. The maximum atomic E-state index is 11.1. The molecule has 0 rings (SSSR count). The monoisotopic (exact) mass is 185 g/mol. The Morgan fingerprint density at radius 1 is 1.54 bits per heavy atom. The molecule has 0 aliphatic carbocycles. The molecule has 0 aliphatic rings. The molecule has 0 N–H and O–H groups in total. The summed E-state index contributed by atoms with van der Waals surface area (Å²) in [7, 11) is 0. The van der Waals surface area contributed by atoms with Gasteiger partial charge in [0.1, 0.15) is 6.07 Å². The van der Waals surface area contributed by atoms with E-state index in [0.29, 0.717) is 0 Å². The number of ether oxygens (including phenoxy) is 2. The highest BCUT2D eigenvalue weighted by atomic mass is 16.6. The fourth-order valence-electron chi connectivity index (χ4n) is 0.666. The number of hydrogen-bond donors (Lipinski definition) is 0. The fourth-order valence-corrected chi connectivity index (χ4v) is 0.666. The number of carbonyl (C=O) groups is 2. The predicted molar refractivity (Wildman–Crippen MR) is 42.4 cm³/mol. The van der Waals surface area contributed by atoms with E-state index in [4.69, 9.17) is 5.26 Å². The SMILES string of the molecule is CCOC(=O)C(C)(C#N)OC(C)=O. The largest absolute Gasteiger partial charge is 0.462 e. The third-order valence-corrected chi connectivity index (χ3v) is 1.23. The summed E-state index contributed by atoms with van der Waals surface area (Å²) in [6.07, 6.45) is 0. The van der Waals surface area contributed by atoms with E-state index >= 15 is 0 Å². The van der Waals surface area contributed by atoms with Crippen LogP contribution in [-0.2, 0) is 19.1 Å². The van der Waals surface area contributed by atoms with Crippen molar-refractivity contribution in [2.24, 2.45) is 0 Å². The fraction of sp³-hybridized carbons (Fsp3) is 0.625. The van der Waals surface area contributed by atoms with E-state index < -0.39 is 17.5 Å². The Hall–Kier alpha value is -1.57. The van der Waals surface area contributed by atoms with Crippen LogP contribution in [0, 0.1) is 11.3 Å². The van der Waals surface area contributed by atoms with Crippen LogP contribution in [0.25, 0.3) is 0 Å². The van der Waals surface area contributed by atoms with Gasteiger partial charge in [0.05, 0.1) is 6.61 Å². The van der Waals surface area contributed by atoms with Gasteiger partial charge in [-0.2, -0.15) is 5.26 Å². The quantitative estimate of drug-likeness (QED) is 0.594. The van der Waals surface area contributed by atoms with E-state index in [9.17, 15) is 9.59 Å². The van der Waals surface area contributed by atoms with Crippen LogP contribution in [0.4, 0.5) is 0 Å². The lowest BCUT2D eigenvalue weighted by molar-refractivity contribution is -0.172. The van der Waals surface area contributed by atoms with E-state index in [1.165, 1.54) is 6.92 Å². The molecule has 0 amide bonds. The first-order valence-electron chi connectivity index (χ1n) is 3.74. The lowest BCUT2D eigenvalue weighted by Gasteiger charge is -2.18. The molecule has 0 aromatic heterocycles. The van der Waals surface area contributed by atoms with Crippen LogP contribution in [-0.4, -0.2) is 24.1 Å². The Bertz CT molecular complexity index is 255. The molecule has 5 heteroatoms. The third-order valence-electron chi connectivity index (χ3n) is 1.23. The number of nitriles is 1. The molecule has 0 aromatic carbocycles. The summed E-state index contributed by atoms with van der Waals surface area (Å²) in [5, 5.41) is 8.60. The van der Waals surface area contributed by atoms with E-state index in [2.05, 4.69) is 9.47 Å². The second kappa shape index (κ2) is 4.45. The predicted octanol–water partition coefficient (Wildman–Crippen LogP) is 0.395. The van der Waals surface area contributed by atoms with Crippen LogP contribution in [0.2, 0.25) is 0 Å². The van der Waals surface area contributed by atoms with E-state index in [-0.39, 0.29) is 6.61 Å². The molecule has 72 valence electrons. The Kier molecular flexibility index (Phi) is 3.92. The minimum Gasteiger partial charge on any atom is -0.462 e. The Morgan fingerprint density at radius 3 is 2.38 bits per heavy atom. The maximum absolute atomic E-state index is 11.1. The third kappa shape index (κ3) is 3.11. The van der Waals surface area contributed by atoms with Gasteiger partial charge in [-0.05, 0) is 6.92 Å². The van der Waals surface area contributed by atoms with Gasteiger partial charge in [-0.25, -0.2) is 4.79 Å². The molecule has 1 atom stereocenters. The highest BCUT2D eigenvalue weighted by molar-refractivity contribution is 5.85. The summed E-state index contributed by atoms with van der Waals surface area (Å²) in [6.45, 7) is 4.04. The van der Waals surface area contributed by atoms with Gasteiger partial charge in [0, 0.05) is 13.8 Å². The highest BCUT2D eigenvalue weighted by Crippen LogP contribution is 2.11. The number of esters is 2. The zero-order valence-corrected chi connectivity index (χ0v) is 7.79. The van der Waals surface area contributed by atoms with Crippen LogP contribution < -0.4 is 0 Å². The maximum Gasteiger partial charge on any atom is 0.365 e. The number of carbonyl (C=O) groups excluding carboxylic acids is 2. The second-order valence-corrected chi connectivity index (χ2v) is 2.46. The molecule has 5 nitrogen and oxygen atoms in total. The first-order valence-corrected chi connectivity index (χ1v) is 3.74. The van der Waals surface area contributed by atoms with Gasteiger partial charge in [0.2, 0.25) is 0 Å². The highest BCUT2D eigenvalue weighted by Gasteiger charge is 2.38. The first-order chi connectivity index (χ1) is 5.96. The Balaban J connectivity index is 4.55. The summed E-state index contributed by atoms with van der Waals surface area (Å²) < 4.78 is 9.09. The van der Waals surface area contributed by atoms with Gasteiger partial charge < -0.3 is 9.47 Å². The second-order valence-electron chi connectivity index (χ2n) is 2.46. The molecular formula is C8H11NO4. The van der Waals surface area contributed by atoms with Crippen molar-refractivity contribution in [1.29, 1.82) is 5.26 Å². The van der Waals surface area contributed by atoms with Crippen molar-refractivity contribution in [2.45, 2.75) is 26.4 Å². The van der Waals surface area contributed by atoms with E-state index in [1.54, 1.807) is 13.0 Å². The van der Waals surface area contributed by atoms with E-state index in [1.807, 2.05) is 0 Å². The minimum absolute atomic E-state index is 0.136. The van der Waals surface area contributed by atoms with Crippen molar-refractivity contribution in [3.8, 4) is 6.07 Å². The Morgan fingerprint density at radius 2 is 2.08 bits per heavy atom. The Labute approximate surface area is 76.2 Å². The lowest BCUT2D eigenvalue weighted by atomic mass is 10.1. The van der Waals surface area contributed by atoms with Crippen LogP contribution in [0.3, 0.4) is 0 Å². The minimum atomic E-state index is -1.83. The summed E-state index contributed by atoms with van der Waals surface area (Å²) >= 11 is 0. The summed E-state index contributed by atoms with van der Waals surface area (Å²) in [5.41, 5.74) is -1.83. The zero-order chi connectivity index (χ0) is 10.5. The van der Waals surface area contributed by atoms with Crippen LogP contribution >= 0.6 is 0 Å². The summed E-state index contributed by atoms with van der Waals surface area (Å²) in [5.74, 6) is -1.55. The molecule has 0 bridgehead atoms. The molecule has 0 spiro atoms. The van der Waals surface area contributed by atoms with Crippen LogP contribution in [0.15, 0.2) is 0 Å². The molecular weight excluding hydrogens is 174 g/mol. The molecule has 0 saturated heterocycles. The molecule has 0 fully saturated rings. The smallest absolute Gasteiger partial charge is 0.365 e. The molecule has 0 radical (unpaired) electrons. The van der Waals surface area contributed by atoms with Gasteiger partial charge >= 0.3 is 11.9 Å². The van der Waals surface area contributed by atoms with Crippen molar-refractivity contribution >= 4 is 11.9 Å². The molecule has 0 saturated carbocycles. The number of rotatable bonds is 3. The average Bonchev–Trinajstić information content (AvgIpc) is 2.03. The molecule has 13 heavy (non-hydrogen) atoms. The van der Waals surface area contributed by atoms with Crippen LogP contribution in [0.5, 0.6) is 0 Å². The lowest BCUT2D eigenvalue weighted by Crippen LogP contribution is -2.39. The van der Waals surface area contributed by atoms with Gasteiger partial charge in [-0.3, -0.25) is 4.79 Å². The van der Waals surface area contributed by atoms with Crippen molar-refractivity contribution in [3.05, 3.63) is 0 Å².